The Bertz CT molecular complexity index is 1820. The van der Waals surface area contributed by atoms with Crippen LogP contribution in [-0.4, -0.2) is 32.9 Å². The van der Waals surface area contributed by atoms with Gasteiger partial charge in [-0.15, -0.1) is 0 Å². The molecule has 5 rings (SSSR count). The lowest BCUT2D eigenvalue weighted by Gasteiger charge is -2.42. The van der Waals surface area contributed by atoms with Crippen molar-refractivity contribution < 1.29 is 9.53 Å². The van der Waals surface area contributed by atoms with Gasteiger partial charge in [0.25, 0.3) is 8.32 Å². The molecule has 0 saturated heterocycles. The topological polar surface area (TPSA) is 73.1 Å². The Morgan fingerprint density at radius 3 is 2.22 bits per heavy atom. The van der Waals surface area contributed by atoms with Gasteiger partial charge in [0.05, 0.1) is 29.4 Å². The van der Waals surface area contributed by atoms with Crippen LogP contribution in [0, 0.1) is 0 Å². The second kappa shape index (κ2) is 13.0. The highest BCUT2D eigenvalue weighted by molar-refractivity contribution is 9.10. The number of nitrogens with zero attached hydrogens (tertiary/aromatic N) is 4. The van der Waals surface area contributed by atoms with Crippen LogP contribution in [0.2, 0.25) is 21.9 Å². The van der Waals surface area contributed by atoms with Crippen LogP contribution >= 0.6 is 27.5 Å². The number of fused-ring (bicyclic) bond motifs is 1. The Kier molecular flexibility index (Phi) is 9.62. The molecule has 0 saturated carbocycles. The first-order valence-corrected chi connectivity index (χ1v) is 18.9. The summed E-state index contributed by atoms with van der Waals surface area (Å²) >= 11 is 10.2. The van der Waals surface area contributed by atoms with Crippen LogP contribution in [-0.2, 0) is 19.1 Å². The van der Waals surface area contributed by atoms with E-state index in [1.165, 1.54) is 0 Å². The molecule has 0 amide bonds. The molecular formula is C36H42BrClN4O2Si. The lowest BCUT2D eigenvalue weighted by molar-refractivity contribution is 0.117. The average molecular weight is 706 g/mol. The smallest absolute Gasteiger partial charge is 0.258 e. The molecule has 1 unspecified atom stereocenters. The van der Waals surface area contributed by atoms with Crippen molar-refractivity contribution in [3.05, 3.63) is 105 Å². The fraction of sp³-hybridized carbons (Fsp3) is 0.361. The highest BCUT2D eigenvalue weighted by Gasteiger charge is 2.47. The van der Waals surface area contributed by atoms with Crippen LogP contribution in [0.5, 0.6) is 5.75 Å². The van der Waals surface area contributed by atoms with Gasteiger partial charge in [-0.3, -0.25) is 0 Å². The van der Waals surface area contributed by atoms with E-state index in [0.29, 0.717) is 39.1 Å². The highest BCUT2D eigenvalue weighted by atomic mass is 79.9. The summed E-state index contributed by atoms with van der Waals surface area (Å²) in [6, 6.07) is 19.9. The molecule has 5 aromatic rings. The Balaban J connectivity index is 1.71. The van der Waals surface area contributed by atoms with Crippen molar-refractivity contribution in [1.29, 1.82) is 0 Å². The average Bonchev–Trinajstić information content (AvgIpc) is 3.44. The summed E-state index contributed by atoms with van der Waals surface area (Å²) < 4.78 is 9.89. The quantitative estimate of drug-likeness (QED) is 0.116. The summed E-state index contributed by atoms with van der Waals surface area (Å²) in [5, 5.41) is 13.7. The van der Waals surface area contributed by atoms with E-state index in [1.54, 1.807) is 12.5 Å². The second-order valence-corrected chi connectivity index (χ2v) is 19.3. The third-order valence-corrected chi connectivity index (χ3v) is 16.2. The van der Waals surface area contributed by atoms with Crippen LogP contribution in [0.3, 0.4) is 0 Å². The fourth-order valence-electron chi connectivity index (χ4n) is 7.05. The highest BCUT2D eigenvalue weighted by Crippen LogP contribution is 2.44. The molecule has 0 spiro atoms. The Labute approximate surface area is 281 Å². The maximum Gasteiger partial charge on any atom is 0.258 e. The van der Waals surface area contributed by atoms with Gasteiger partial charge in [-0.25, -0.2) is 15.0 Å². The fourth-order valence-corrected chi connectivity index (χ4v) is 13.0. The molecule has 45 heavy (non-hydrogen) atoms. The van der Waals surface area contributed by atoms with Crippen molar-refractivity contribution in [3.8, 4) is 17.0 Å². The van der Waals surface area contributed by atoms with E-state index in [9.17, 15) is 5.11 Å². The molecule has 0 aliphatic rings. The third-order valence-electron chi connectivity index (χ3n) is 9.23. The number of aryl methyl sites for hydroxylation is 2. The number of aliphatic hydroxyl groups is 1. The lowest BCUT2D eigenvalue weighted by atomic mass is 9.82. The predicted molar refractivity (Wildman–Crippen MR) is 190 cm³/mol. The summed E-state index contributed by atoms with van der Waals surface area (Å²) in [6.07, 6.45) is 4.24. The zero-order valence-corrected chi connectivity index (χ0v) is 30.6. The Morgan fingerprint density at radius 2 is 1.60 bits per heavy atom. The van der Waals surface area contributed by atoms with Gasteiger partial charge in [0.1, 0.15) is 5.75 Å². The van der Waals surface area contributed by atoms with Crippen molar-refractivity contribution in [2.75, 3.05) is 0 Å². The molecular weight excluding hydrogens is 664 g/mol. The van der Waals surface area contributed by atoms with Crippen LogP contribution in [0.4, 0.5) is 0 Å². The van der Waals surface area contributed by atoms with Gasteiger partial charge in [0.15, 0.2) is 5.60 Å². The largest absolute Gasteiger partial charge is 0.543 e. The number of benzene rings is 3. The van der Waals surface area contributed by atoms with Crippen LogP contribution in [0.25, 0.3) is 22.2 Å². The van der Waals surface area contributed by atoms with Crippen LogP contribution in [0.1, 0.15) is 70.9 Å². The first-order valence-electron chi connectivity index (χ1n) is 15.6. The van der Waals surface area contributed by atoms with Crippen molar-refractivity contribution in [1.82, 2.24) is 19.5 Å². The minimum Gasteiger partial charge on any atom is -0.543 e. The molecule has 9 heteroatoms. The number of rotatable bonds is 10. The number of hydrogen-bond donors (Lipinski definition) is 1. The van der Waals surface area contributed by atoms with Crippen molar-refractivity contribution >= 4 is 46.8 Å². The standard InChI is InChI=1S/C36H42BrClN4O2Si/c1-9-25-17-27(13-15-31(25)37)36(43,33-20-39-21-42(33)8)28-14-16-32-30(19-28)34(41-35(38)40-32)26-11-10-12-29(18-26)44-45(22(2)3,23(4)5)24(6)7/h10-24,43H,9H2,1-8H3. The monoisotopic (exact) mass is 704 g/mol. The van der Waals surface area contributed by atoms with Gasteiger partial charge < -0.3 is 14.1 Å². The van der Waals surface area contributed by atoms with E-state index in [4.69, 9.17) is 21.0 Å². The SMILES string of the molecule is CCc1cc(C(O)(c2ccc3nc(Cl)nc(-c4cccc(O[Si](C(C)C)(C(C)C)C(C)C)c4)c3c2)c2cncn2C)ccc1Br. The molecule has 0 aliphatic heterocycles. The minimum absolute atomic E-state index is 0.161. The molecule has 0 radical (unpaired) electrons. The van der Waals surface area contributed by atoms with Gasteiger partial charge in [-0.2, -0.15) is 0 Å². The molecule has 3 aromatic carbocycles. The molecule has 2 aromatic heterocycles. The van der Waals surface area contributed by atoms with Crippen LogP contribution in [0.15, 0.2) is 77.7 Å². The summed E-state index contributed by atoms with van der Waals surface area (Å²) in [5.41, 5.74) is 5.23. The third kappa shape index (κ3) is 5.98. The maximum absolute atomic E-state index is 12.8. The zero-order valence-electron chi connectivity index (χ0n) is 27.3. The first-order chi connectivity index (χ1) is 21.3. The zero-order chi connectivity index (χ0) is 32.7. The summed E-state index contributed by atoms with van der Waals surface area (Å²) in [7, 11) is -0.288. The number of hydrogen-bond acceptors (Lipinski definition) is 5. The van der Waals surface area contributed by atoms with Crippen molar-refractivity contribution in [3.63, 3.8) is 0 Å². The number of imidazole rings is 1. The van der Waals surface area contributed by atoms with Gasteiger partial charge in [-0.1, -0.05) is 94.7 Å². The van der Waals surface area contributed by atoms with Gasteiger partial charge in [0.2, 0.25) is 5.28 Å². The molecule has 0 fully saturated rings. The van der Waals surface area contributed by atoms with Crippen molar-refractivity contribution in [2.45, 2.75) is 77.1 Å². The minimum atomic E-state index is -2.18. The summed E-state index contributed by atoms with van der Waals surface area (Å²) in [4.78, 5) is 13.6. The Hall–Kier alpha value is -3.04. The predicted octanol–water partition coefficient (Wildman–Crippen LogP) is 9.85. The van der Waals surface area contributed by atoms with Crippen LogP contribution < -0.4 is 4.43 Å². The van der Waals surface area contributed by atoms with E-state index >= 15 is 0 Å². The molecule has 1 N–H and O–H groups in total. The number of aromatic nitrogens is 4. The normalized spacial score (nSPS) is 13.6. The van der Waals surface area contributed by atoms with Gasteiger partial charge in [0, 0.05) is 22.5 Å². The van der Waals surface area contributed by atoms with E-state index in [1.807, 2.05) is 60.1 Å². The van der Waals surface area contributed by atoms with Gasteiger partial charge in [-0.05, 0) is 81.7 Å². The molecule has 0 bridgehead atoms. The Morgan fingerprint density at radius 1 is 0.933 bits per heavy atom. The number of halogens is 2. The molecule has 6 nitrogen and oxygen atoms in total. The van der Waals surface area contributed by atoms with Crippen molar-refractivity contribution in [2.24, 2.45) is 7.05 Å². The molecule has 2 heterocycles. The molecule has 236 valence electrons. The maximum atomic E-state index is 12.8. The van der Waals surface area contributed by atoms with E-state index in [2.05, 4.69) is 86.5 Å². The summed E-state index contributed by atoms with van der Waals surface area (Å²) in [6.45, 7) is 15.8. The lowest BCUT2D eigenvalue weighted by Crippen LogP contribution is -2.50. The van der Waals surface area contributed by atoms with E-state index in [-0.39, 0.29) is 5.28 Å². The van der Waals surface area contributed by atoms with E-state index < -0.39 is 13.9 Å². The second-order valence-electron chi connectivity index (χ2n) is 12.8. The van der Waals surface area contributed by atoms with Gasteiger partial charge >= 0.3 is 0 Å². The van der Waals surface area contributed by atoms with E-state index in [0.717, 1.165) is 38.7 Å². The first kappa shape index (κ1) is 33.3. The molecule has 1 atom stereocenters. The molecule has 0 aliphatic carbocycles. The summed E-state index contributed by atoms with van der Waals surface area (Å²) in [5.74, 6) is 0.836.